The molecule has 146 valence electrons. The molecule has 28 heavy (non-hydrogen) atoms. The molecule has 1 unspecified atom stereocenters. The Bertz CT molecular complexity index is 997. The Balaban J connectivity index is 1.68. The number of ether oxygens (including phenoxy) is 3. The van der Waals surface area contributed by atoms with Crippen molar-refractivity contribution in [1.29, 1.82) is 0 Å². The number of amides is 1. The lowest BCUT2D eigenvalue weighted by Gasteiger charge is -2.33. The number of carbonyl (C=O) groups is 1. The minimum atomic E-state index is -0.113. The molecule has 1 atom stereocenters. The maximum absolute atomic E-state index is 13.3. The third-order valence-electron chi connectivity index (χ3n) is 5.30. The summed E-state index contributed by atoms with van der Waals surface area (Å²) >= 11 is 0. The van der Waals surface area contributed by atoms with Crippen molar-refractivity contribution in [2.45, 2.75) is 6.10 Å². The Morgan fingerprint density at radius 1 is 1.07 bits per heavy atom. The molecule has 4 rings (SSSR count). The molecule has 0 spiro atoms. The zero-order valence-electron chi connectivity index (χ0n) is 16.3. The van der Waals surface area contributed by atoms with Crippen LogP contribution >= 0.6 is 0 Å². The van der Waals surface area contributed by atoms with E-state index in [2.05, 4.69) is 0 Å². The predicted octanol–water partition coefficient (Wildman–Crippen LogP) is 3.41. The number of aromatic nitrogens is 1. The third-order valence-corrected chi connectivity index (χ3v) is 5.30. The first-order chi connectivity index (χ1) is 13.6. The van der Waals surface area contributed by atoms with Crippen molar-refractivity contribution in [2.24, 2.45) is 7.05 Å². The van der Waals surface area contributed by atoms with E-state index < -0.39 is 0 Å². The van der Waals surface area contributed by atoms with Crippen molar-refractivity contribution in [3.05, 3.63) is 59.8 Å². The largest absolute Gasteiger partial charge is 0.496 e. The summed E-state index contributed by atoms with van der Waals surface area (Å²) in [6.07, 6.45) is -0.113. The molecule has 0 saturated carbocycles. The maximum atomic E-state index is 13.3. The van der Waals surface area contributed by atoms with Crippen LogP contribution < -0.4 is 9.47 Å². The molecule has 1 amide bonds. The zero-order valence-corrected chi connectivity index (χ0v) is 16.3. The number of methoxy groups -OCH3 is 2. The molecule has 2 aromatic carbocycles. The molecule has 1 aliphatic heterocycles. The fraction of sp³-hybridized carbons (Fsp3) is 0.318. The number of morpholine rings is 1. The summed E-state index contributed by atoms with van der Waals surface area (Å²) in [4.78, 5) is 15.2. The minimum absolute atomic E-state index is 0.0213. The van der Waals surface area contributed by atoms with Crippen LogP contribution in [-0.2, 0) is 11.8 Å². The molecule has 1 aromatic heterocycles. The lowest BCUT2D eigenvalue weighted by atomic mass is 10.1. The van der Waals surface area contributed by atoms with Gasteiger partial charge in [-0.05, 0) is 23.8 Å². The first-order valence-electron chi connectivity index (χ1n) is 9.30. The molecular weight excluding hydrogens is 356 g/mol. The van der Waals surface area contributed by atoms with Gasteiger partial charge in [-0.2, -0.15) is 0 Å². The highest BCUT2D eigenvalue weighted by Gasteiger charge is 2.28. The second-order valence-corrected chi connectivity index (χ2v) is 6.84. The first kappa shape index (κ1) is 18.4. The van der Waals surface area contributed by atoms with Crippen molar-refractivity contribution in [2.75, 3.05) is 33.9 Å². The Labute approximate surface area is 164 Å². The average Bonchev–Trinajstić information content (AvgIpc) is 3.11. The zero-order chi connectivity index (χ0) is 19.7. The summed E-state index contributed by atoms with van der Waals surface area (Å²) < 4.78 is 18.8. The second kappa shape index (κ2) is 7.56. The average molecular weight is 380 g/mol. The van der Waals surface area contributed by atoms with Gasteiger partial charge >= 0.3 is 0 Å². The molecule has 1 saturated heterocycles. The van der Waals surface area contributed by atoms with Crippen LogP contribution in [0.15, 0.2) is 48.5 Å². The first-order valence-corrected chi connectivity index (χ1v) is 9.30. The van der Waals surface area contributed by atoms with Crippen LogP contribution in [0.3, 0.4) is 0 Å². The van der Waals surface area contributed by atoms with Crippen molar-refractivity contribution in [1.82, 2.24) is 9.47 Å². The Morgan fingerprint density at radius 3 is 2.50 bits per heavy atom. The van der Waals surface area contributed by atoms with Crippen LogP contribution in [0.25, 0.3) is 10.9 Å². The van der Waals surface area contributed by atoms with Gasteiger partial charge in [0.2, 0.25) is 0 Å². The lowest BCUT2D eigenvalue weighted by molar-refractivity contribution is -0.0231. The Hall–Kier alpha value is -2.99. The number of aryl methyl sites for hydroxylation is 1. The normalized spacial score (nSPS) is 17.0. The van der Waals surface area contributed by atoms with Gasteiger partial charge in [0.05, 0.1) is 32.9 Å². The smallest absolute Gasteiger partial charge is 0.270 e. The summed E-state index contributed by atoms with van der Waals surface area (Å²) in [5.41, 5.74) is 2.53. The molecule has 0 N–H and O–H groups in total. The van der Waals surface area contributed by atoms with Gasteiger partial charge in [-0.1, -0.05) is 30.3 Å². The number of hydrogen-bond acceptors (Lipinski definition) is 4. The standard InChI is InChI=1S/C22H24N2O4/c1-23-17(13-16-18(26-2)9-10-19(27-3)21(16)23)22(25)24-11-12-28-20(14-24)15-7-5-4-6-8-15/h4-10,13,20H,11-12,14H2,1-3H3. The quantitative estimate of drug-likeness (QED) is 0.696. The number of hydrogen-bond donors (Lipinski definition) is 0. The molecule has 1 fully saturated rings. The van der Waals surface area contributed by atoms with Gasteiger partial charge in [-0.15, -0.1) is 0 Å². The SMILES string of the molecule is COc1ccc(OC)c2c1cc(C(=O)N1CCOC(c3ccccc3)C1)n2C. The molecule has 0 bridgehead atoms. The maximum Gasteiger partial charge on any atom is 0.270 e. The van der Waals surface area contributed by atoms with Crippen molar-refractivity contribution in [3.8, 4) is 11.5 Å². The highest BCUT2D eigenvalue weighted by atomic mass is 16.5. The monoisotopic (exact) mass is 380 g/mol. The molecule has 6 heteroatoms. The van der Waals surface area contributed by atoms with Gasteiger partial charge in [0.15, 0.2) is 0 Å². The van der Waals surface area contributed by atoms with Crippen LogP contribution in [0.2, 0.25) is 0 Å². The van der Waals surface area contributed by atoms with Crippen molar-refractivity contribution >= 4 is 16.8 Å². The van der Waals surface area contributed by atoms with E-state index >= 15 is 0 Å². The van der Waals surface area contributed by atoms with Crippen molar-refractivity contribution < 1.29 is 19.0 Å². The van der Waals surface area contributed by atoms with E-state index in [1.54, 1.807) is 14.2 Å². The molecule has 3 aromatic rings. The second-order valence-electron chi connectivity index (χ2n) is 6.84. The number of nitrogens with zero attached hydrogens (tertiary/aromatic N) is 2. The van der Waals surface area contributed by atoms with Gasteiger partial charge in [0.1, 0.15) is 23.3 Å². The van der Waals surface area contributed by atoms with E-state index in [0.29, 0.717) is 31.1 Å². The van der Waals surface area contributed by atoms with Crippen LogP contribution in [0, 0.1) is 0 Å². The third kappa shape index (κ3) is 3.10. The topological polar surface area (TPSA) is 52.9 Å². The van der Waals surface area contributed by atoms with Gasteiger partial charge in [0.25, 0.3) is 5.91 Å². The summed E-state index contributed by atoms with van der Waals surface area (Å²) in [7, 11) is 5.14. The highest BCUT2D eigenvalue weighted by Crippen LogP contribution is 2.35. The van der Waals surface area contributed by atoms with Crippen LogP contribution in [0.1, 0.15) is 22.2 Å². The van der Waals surface area contributed by atoms with Crippen LogP contribution in [-0.4, -0.2) is 49.3 Å². The molecule has 0 radical (unpaired) electrons. The Morgan fingerprint density at radius 2 is 1.79 bits per heavy atom. The van der Waals surface area contributed by atoms with Gasteiger partial charge < -0.3 is 23.7 Å². The van der Waals surface area contributed by atoms with E-state index in [1.807, 2.05) is 65.0 Å². The Kier molecular flexibility index (Phi) is 4.96. The van der Waals surface area contributed by atoms with Crippen molar-refractivity contribution in [3.63, 3.8) is 0 Å². The minimum Gasteiger partial charge on any atom is -0.496 e. The summed E-state index contributed by atoms with van der Waals surface area (Å²) in [5, 5.41) is 0.862. The number of carbonyl (C=O) groups excluding carboxylic acids is 1. The molecule has 0 aliphatic carbocycles. The van der Waals surface area contributed by atoms with Gasteiger partial charge in [0, 0.05) is 19.0 Å². The lowest BCUT2D eigenvalue weighted by Crippen LogP contribution is -2.42. The molecular formula is C22H24N2O4. The van der Waals surface area contributed by atoms with E-state index in [9.17, 15) is 4.79 Å². The number of fused-ring (bicyclic) bond motifs is 1. The summed E-state index contributed by atoms with van der Waals surface area (Å²) in [6.45, 7) is 1.61. The summed E-state index contributed by atoms with van der Waals surface area (Å²) in [6, 6.07) is 15.6. The van der Waals surface area contributed by atoms with Crippen LogP contribution in [0.5, 0.6) is 11.5 Å². The molecule has 1 aliphatic rings. The molecule has 6 nitrogen and oxygen atoms in total. The number of benzene rings is 2. The summed E-state index contributed by atoms with van der Waals surface area (Å²) in [5.74, 6) is 1.41. The van der Waals surface area contributed by atoms with E-state index in [-0.39, 0.29) is 12.0 Å². The number of rotatable bonds is 4. The molecule has 2 heterocycles. The fourth-order valence-corrected chi connectivity index (χ4v) is 3.82. The van der Waals surface area contributed by atoms with Crippen LogP contribution in [0.4, 0.5) is 0 Å². The van der Waals surface area contributed by atoms with E-state index in [1.165, 1.54) is 0 Å². The predicted molar refractivity (Wildman–Crippen MR) is 107 cm³/mol. The van der Waals surface area contributed by atoms with Gasteiger partial charge in [-0.25, -0.2) is 0 Å². The van der Waals surface area contributed by atoms with Gasteiger partial charge in [-0.3, -0.25) is 4.79 Å². The highest BCUT2D eigenvalue weighted by molar-refractivity contribution is 6.02. The van der Waals surface area contributed by atoms with E-state index in [4.69, 9.17) is 14.2 Å². The van der Waals surface area contributed by atoms with E-state index in [0.717, 1.165) is 22.2 Å². The fourth-order valence-electron chi connectivity index (χ4n) is 3.82.